The summed E-state index contributed by atoms with van der Waals surface area (Å²) in [7, 11) is 0. The lowest BCUT2D eigenvalue weighted by Crippen LogP contribution is -2.33. The predicted molar refractivity (Wildman–Crippen MR) is 201 cm³/mol. The largest absolute Gasteiger partial charge is 0.477 e. The summed E-state index contributed by atoms with van der Waals surface area (Å²) in [5, 5.41) is 23.1. The summed E-state index contributed by atoms with van der Waals surface area (Å²) in [4.78, 5) is 55.0. The van der Waals surface area contributed by atoms with Gasteiger partial charge in [-0.3, -0.25) is 9.59 Å². The van der Waals surface area contributed by atoms with Gasteiger partial charge in [-0.2, -0.15) is 0 Å². The van der Waals surface area contributed by atoms with Crippen LogP contribution in [0, 0.1) is 16.6 Å². The monoisotopic (exact) mass is 798 g/mol. The van der Waals surface area contributed by atoms with Crippen molar-refractivity contribution in [1.29, 1.82) is 0 Å². The van der Waals surface area contributed by atoms with Crippen LogP contribution < -0.4 is 31.7 Å². The first kappa shape index (κ1) is 35.0. The fraction of sp³-hybridized carbons (Fsp3) is 0.474. The molecule has 2 spiro atoms. The Bertz CT molecular complexity index is 2560. The molecule has 10 rings (SSSR count). The van der Waals surface area contributed by atoms with E-state index in [1.54, 1.807) is 11.0 Å². The summed E-state index contributed by atoms with van der Waals surface area (Å²) in [5.41, 5.74) is 4.69. The summed E-state index contributed by atoms with van der Waals surface area (Å²) in [6.45, 7) is 1.63. The van der Waals surface area contributed by atoms with Crippen LogP contribution >= 0.6 is 23.2 Å². The van der Waals surface area contributed by atoms with E-state index in [0.29, 0.717) is 31.0 Å². The topological polar surface area (TPSA) is 163 Å². The molecule has 2 saturated heterocycles. The number of nitrogens with two attached hydrogens (primary N) is 1. The van der Waals surface area contributed by atoms with E-state index in [1.807, 2.05) is 0 Å². The van der Waals surface area contributed by atoms with Crippen LogP contribution in [0.4, 0.5) is 30.2 Å². The quantitative estimate of drug-likeness (QED) is 0.173. The number of fused-ring (bicyclic) bond motifs is 2. The molecule has 2 aliphatic heterocycles. The molecule has 0 unspecified atom stereocenters. The molecule has 4 heterocycles. The lowest BCUT2D eigenvalue weighted by Gasteiger charge is -2.29. The number of hydrogen-bond acceptors (Lipinski definition) is 8. The fourth-order valence-corrected chi connectivity index (χ4v) is 10.2. The van der Waals surface area contributed by atoms with E-state index >= 15 is 4.39 Å². The van der Waals surface area contributed by atoms with Gasteiger partial charge in [0.15, 0.2) is 0 Å². The Kier molecular flexibility index (Phi) is 7.34. The number of carbonyl (C=O) groups is 2. The van der Waals surface area contributed by atoms with Crippen molar-refractivity contribution in [2.75, 3.05) is 41.3 Å². The van der Waals surface area contributed by atoms with Crippen molar-refractivity contribution in [3.05, 3.63) is 72.0 Å². The van der Waals surface area contributed by atoms with Gasteiger partial charge in [-0.05, 0) is 37.8 Å². The average molecular weight is 800 g/mol. The lowest BCUT2D eigenvalue weighted by atomic mass is 9.99. The molecule has 5 N–H and O–H groups in total. The first-order valence-corrected chi connectivity index (χ1v) is 19.1. The summed E-state index contributed by atoms with van der Waals surface area (Å²) in [6, 6.07) is 0.622. The minimum Gasteiger partial charge on any atom is -0.477 e. The molecule has 2 aromatic heterocycles. The number of nitrogens with zero attached hydrogens (tertiary/aromatic N) is 4. The number of rotatable bonds is 8. The number of aromatic nitrogens is 2. The molecule has 0 amide bonds. The van der Waals surface area contributed by atoms with Gasteiger partial charge in [0, 0.05) is 68.3 Å². The van der Waals surface area contributed by atoms with Crippen molar-refractivity contribution in [2.24, 2.45) is 16.6 Å². The SMILES string of the molecule is N[C@@H]1CN(c2c(N[C@@H]3CN(c4c(F)cc5c(=O)c(C(=O)O)cn([C@@H]6C[C@@H]6F)c5c4Cl)CC34CC4)cc3c(=O)c(C(=O)O)cn([C@@H]4C[C@@H]4F)c3c2Cl)CC12CC2. The summed E-state index contributed by atoms with van der Waals surface area (Å²) in [5.74, 6) is -3.80. The second-order valence-electron chi connectivity index (χ2n) is 16.5. The first-order valence-electron chi connectivity index (χ1n) is 18.4. The molecule has 17 heteroatoms. The zero-order valence-electron chi connectivity index (χ0n) is 29.1. The van der Waals surface area contributed by atoms with Crippen molar-refractivity contribution in [3.63, 3.8) is 0 Å². The number of halogens is 5. The Hall–Kier alpha value is -4.47. The Balaban J connectivity index is 1.09. The molecule has 55 heavy (non-hydrogen) atoms. The maximum absolute atomic E-state index is 16.2. The minimum atomic E-state index is -1.52. The maximum Gasteiger partial charge on any atom is 0.341 e. The highest BCUT2D eigenvalue weighted by Gasteiger charge is 2.57. The van der Waals surface area contributed by atoms with Crippen LogP contribution in [0.3, 0.4) is 0 Å². The van der Waals surface area contributed by atoms with Gasteiger partial charge in [0.2, 0.25) is 10.9 Å². The molecule has 288 valence electrons. The highest BCUT2D eigenvalue weighted by molar-refractivity contribution is 6.39. The molecule has 6 aliphatic rings. The maximum atomic E-state index is 16.2. The zero-order valence-corrected chi connectivity index (χ0v) is 30.6. The van der Waals surface area contributed by atoms with Crippen LogP contribution in [0.25, 0.3) is 21.8 Å². The second kappa shape index (κ2) is 11.5. The number of alkyl halides is 2. The van der Waals surface area contributed by atoms with E-state index < -0.39 is 64.2 Å². The third-order valence-corrected chi connectivity index (χ3v) is 13.8. The number of pyridine rings is 2. The predicted octanol–water partition coefficient (Wildman–Crippen LogP) is 5.73. The van der Waals surface area contributed by atoms with Gasteiger partial charge in [-0.25, -0.2) is 22.8 Å². The Labute approximate surface area is 320 Å². The van der Waals surface area contributed by atoms with Crippen molar-refractivity contribution < 1.29 is 33.0 Å². The van der Waals surface area contributed by atoms with Crippen LogP contribution in [-0.4, -0.2) is 81.9 Å². The van der Waals surface area contributed by atoms with E-state index in [9.17, 15) is 38.2 Å². The number of hydrogen-bond donors (Lipinski definition) is 4. The van der Waals surface area contributed by atoms with Gasteiger partial charge in [0.1, 0.15) is 29.3 Å². The van der Waals surface area contributed by atoms with Gasteiger partial charge < -0.3 is 40.2 Å². The smallest absolute Gasteiger partial charge is 0.341 e. The van der Waals surface area contributed by atoms with Crippen molar-refractivity contribution in [3.8, 4) is 0 Å². The number of benzene rings is 2. The van der Waals surface area contributed by atoms with E-state index in [2.05, 4.69) is 10.2 Å². The normalized spacial score (nSPS) is 28.1. The minimum absolute atomic E-state index is 0.00539. The van der Waals surface area contributed by atoms with E-state index in [-0.39, 0.29) is 79.8 Å². The second-order valence-corrected chi connectivity index (χ2v) is 17.3. The summed E-state index contributed by atoms with van der Waals surface area (Å²) >= 11 is 14.2. The molecule has 6 fully saturated rings. The zero-order chi connectivity index (χ0) is 38.6. The summed E-state index contributed by atoms with van der Waals surface area (Å²) < 4.78 is 48.1. The molecular weight excluding hydrogens is 764 g/mol. The van der Waals surface area contributed by atoms with Crippen LogP contribution in [0.1, 0.15) is 71.3 Å². The lowest BCUT2D eigenvalue weighted by molar-refractivity contribution is 0.0684. The highest BCUT2D eigenvalue weighted by atomic mass is 35.5. The number of carboxylic acid groups (broad SMARTS) is 2. The molecule has 6 atom stereocenters. The molecule has 0 bridgehead atoms. The highest BCUT2D eigenvalue weighted by Crippen LogP contribution is 2.58. The standard InChI is InChI=1S/C38H35Cl2F3N6O6/c39-27-29-15(33(50)17(35(52)53)9-48(29)23-7-19(23)41)5-21(43)31(27)47-12-26(38(14-47)3-4-38)45-22-6-16-30(28(40)32(22)46-11-25(44)37(13-46)1-2-37)49(24-8-20(24)42)10-18(34(16)51)36(54)55/h5-6,9-10,19-20,23-26,45H,1-4,7-8,11-14,44H2,(H,52,53)(H,54,55)/t19-,20-,23+,24+,25+,26+/m0/s1. The van der Waals surface area contributed by atoms with Crippen molar-refractivity contribution >= 4 is 74.0 Å². The van der Waals surface area contributed by atoms with Gasteiger partial charge in [0.25, 0.3) is 0 Å². The first-order chi connectivity index (χ1) is 26.1. The van der Waals surface area contributed by atoms with Gasteiger partial charge >= 0.3 is 11.9 Å². The van der Waals surface area contributed by atoms with Crippen LogP contribution in [0.2, 0.25) is 10.0 Å². The van der Waals surface area contributed by atoms with Crippen LogP contribution in [0.5, 0.6) is 0 Å². The molecule has 12 nitrogen and oxygen atoms in total. The Morgan fingerprint density at radius 3 is 1.73 bits per heavy atom. The number of anilines is 3. The summed E-state index contributed by atoms with van der Waals surface area (Å²) in [6.07, 6.45) is 3.41. The van der Waals surface area contributed by atoms with E-state index in [1.165, 1.54) is 15.3 Å². The molecule has 2 aromatic carbocycles. The van der Waals surface area contributed by atoms with Crippen molar-refractivity contribution in [2.45, 2.75) is 75.0 Å². The van der Waals surface area contributed by atoms with Gasteiger partial charge in [-0.1, -0.05) is 23.2 Å². The fourth-order valence-electron chi connectivity index (χ4n) is 9.36. The molecule has 0 radical (unpaired) electrons. The van der Waals surface area contributed by atoms with Crippen LogP contribution in [-0.2, 0) is 0 Å². The Morgan fingerprint density at radius 1 is 0.782 bits per heavy atom. The van der Waals surface area contributed by atoms with Crippen molar-refractivity contribution in [1.82, 2.24) is 9.13 Å². The third-order valence-electron chi connectivity index (χ3n) is 13.1. The average Bonchev–Trinajstić information content (AvgIpc) is 3.98. The molecule has 4 aliphatic carbocycles. The van der Waals surface area contributed by atoms with Crippen LogP contribution in [0.15, 0.2) is 34.1 Å². The van der Waals surface area contributed by atoms with Gasteiger partial charge in [0.05, 0.1) is 67.0 Å². The third kappa shape index (κ3) is 5.14. The number of carboxylic acids is 2. The number of aromatic carboxylic acids is 2. The van der Waals surface area contributed by atoms with E-state index in [4.69, 9.17) is 28.9 Å². The molecular formula is C38H35Cl2F3N6O6. The number of nitrogens with one attached hydrogen (secondary N) is 1. The Morgan fingerprint density at radius 2 is 1.25 bits per heavy atom. The van der Waals surface area contributed by atoms with E-state index in [0.717, 1.165) is 37.9 Å². The molecule has 4 saturated carbocycles. The molecule has 4 aromatic rings. The van der Waals surface area contributed by atoms with Gasteiger partial charge in [-0.15, -0.1) is 0 Å².